The third-order valence-corrected chi connectivity index (χ3v) is 6.22. The lowest BCUT2D eigenvalue weighted by Gasteiger charge is -2.17. The molecule has 7 nitrogen and oxygen atoms in total. The van der Waals surface area contributed by atoms with Gasteiger partial charge in [0, 0.05) is 34.3 Å². The molecular formula is C25H23Cl2N3O4. The van der Waals surface area contributed by atoms with Crippen molar-refractivity contribution in [2.45, 2.75) is 13.0 Å². The fraction of sp³-hybridized carbons (Fsp3) is 0.200. The topological polar surface area (TPSA) is 79.9 Å². The van der Waals surface area contributed by atoms with Crippen LogP contribution < -0.4 is 25.2 Å². The number of hydrogen-bond donors (Lipinski definition) is 2. The van der Waals surface area contributed by atoms with Gasteiger partial charge in [-0.3, -0.25) is 20.4 Å². The summed E-state index contributed by atoms with van der Waals surface area (Å²) < 4.78 is 10.9. The normalized spacial score (nSPS) is 15.2. The number of benzene rings is 3. The van der Waals surface area contributed by atoms with Crippen LogP contribution >= 0.6 is 23.2 Å². The van der Waals surface area contributed by atoms with E-state index in [0.717, 1.165) is 11.3 Å². The Morgan fingerprint density at radius 3 is 2.29 bits per heavy atom. The zero-order chi connectivity index (χ0) is 24.1. The van der Waals surface area contributed by atoms with Gasteiger partial charge in [-0.15, -0.1) is 0 Å². The number of hydrazine groups is 1. The predicted molar refractivity (Wildman–Crippen MR) is 132 cm³/mol. The van der Waals surface area contributed by atoms with E-state index in [1.165, 1.54) is 0 Å². The highest BCUT2D eigenvalue weighted by Crippen LogP contribution is 2.28. The van der Waals surface area contributed by atoms with Crippen LogP contribution in [0.25, 0.3) is 0 Å². The van der Waals surface area contributed by atoms with Gasteiger partial charge in [-0.05, 0) is 60.7 Å². The fourth-order valence-corrected chi connectivity index (χ4v) is 4.10. The Bertz CT molecular complexity index is 1150. The number of anilines is 2. The van der Waals surface area contributed by atoms with Gasteiger partial charge < -0.3 is 14.4 Å². The van der Waals surface area contributed by atoms with E-state index in [0.29, 0.717) is 33.8 Å². The minimum Gasteiger partial charge on any atom is -0.497 e. The maximum Gasteiger partial charge on any atom is 0.243 e. The molecular weight excluding hydrogens is 477 g/mol. The third kappa shape index (κ3) is 5.55. The number of hydrogen-bond acceptors (Lipinski definition) is 5. The van der Waals surface area contributed by atoms with E-state index in [1.807, 2.05) is 0 Å². The van der Waals surface area contributed by atoms with Gasteiger partial charge in [0.15, 0.2) is 0 Å². The number of methoxy groups -OCH3 is 1. The molecule has 1 saturated heterocycles. The molecule has 3 aromatic rings. The molecule has 2 N–H and O–H groups in total. The Kier molecular flexibility index (Phi) is 7.45. The standard InChI is InChI=1S/C25H23Cl2N3O4/c1-33-19-11-7-18(8-12-19)30-14-16(13-24(30)31)25(32)29-28-17-5-9-20(10-6-17)34-15-21-22(26)3-2-4-23(21)27/h2-12,16,28H,13-15H2,1H3,(H,29,32)/t16-/m0/s1. The predicted octanol–water partition coefficient (Wildman–Crippen LogP) is 5.08. The van der Waals surface area contributed by atoms with Crippen molar-refractivity contribution in [2.24, 2.45) is 5.92 Å². The number of rotatable bonds is 8. The zero-order valence-electron chi connectivity index (χ0n) is 18.4. The molecule has 0 bridgehead atoms. The van der Waals surface area contributed by atoms with Crippen LogP contribution in [-0.2, 0) is 16.2 Å². The first-order valence-corrected chi connectivity index (χ1v) is 11.4. The van der Waals surface area contributed by atoms with Gasteiger partial charge in [-0.2, -0.15) is 0 Å². The Morgan fingerprint density at radius 2 is 1.65 bits per heavy atom. The van der Waals surface area contributed by atoms with Crippen LogP contribution in [0.4, 0.5) is 11.4 Å². The minimum atomic E-state index is -0.454. The van der Waals surface area contributed by atoms with Crippen molar-refractivity contribution >= 4 is 46.4 Å². The van der Waals surface area contributed by atoms with Crippen LogP contribution in [0.3, 0.4) is 0 Å². The Morgan fingerprint density at radius 1 is 1.00 bits per heavy atom. The van der Waals surface area contributed by atoms with E-state index in [-0.39, 0.29) is 24.8 Å². The van der Waals surface area contributed by atoms with E-state index in [9.17, 15) is 9.59 Å². The molecule has 176 valence electrons. The number of halogens is 2. The summed E-state index contributed by atoms with van der Waals surface area (Å²) in [5.74, 6) is 0.538. The van der Waals surface area contributed by atoms with Crippen LogP contribution in [0.15, 0.2) is 66.7 Å². The summed E-state index contributed by atoms with van der Waals surface area (Å²) in [6.07, 6.45) is 0.150. The first-order valence-electron chi connectivity index (χ1n) is 10.6. The second-order valence-corrected chi connectivity index (χ2v) is 8.55. The van der Waals surface area contributed by atoms with Gasteiger partial charge in [0.1, 0.15) is 18.1 Å². The number of ether oxygens (including phenoxy) is 2. The summed E-state index contributed by atoms with van der Waals surface area (Å²) in [4.78, 5) is 26.6. The van der Waals surface area contributed by atoms with E-state index < -0.39 is 5.92 Å². The second kappa shape index (κ2) is 10.7. The Balaban J connectivity index is 1.28. The molecule has 34 heavy (non-hydrogen) atoms. The van der Waals surface area contributed by atoms with Crippen molar-refractivity contribution in [3.63, 3.8) is 0 Å². The van der Waals surface area contributed by atoms with Gasteiger partial charge in [0.2, 0.25) is 11.8 Å². The van der Waals surface area contributed by atoms with Crippen LogP contribution in [0, 0.1) is 5.92 Å². The summed E-state index contributed by atoms with van der Waals surface area (Å²) in [6, 6.07) is 19.6. The largest absolute Gasteiger partial charge is 0.497 e. The number of nitrogens with one attached hydrogen (secondary N) is 2. The number of carbonyl (C=O) groups excluding carboxylic acids is 2. The van der Waals surface area contributed by atoms with Crippen molar-refractivity contribution in [2.75, 3.05) is 24.0 Å². The van der Waals surface area contributed by atoms with Gasteiger partial charge in [0.05, 0.1) is 18.7 Å². The van der Waals surface area contributed by atoms with E-state index in [1.54, 1.807) is 78.7 Å². The first kappa shape index (κ1) is 23.7. The lowest BCUT2D eigenvalue weighted by atomic mass is 10.1. The maximum absolute atomic E-state index is 12.6. The molecule has 2 amide bonds. The Hall–Kier alpha value is -3.42. The lowest BCUT2D eigenvalue weighted by Crippen LogP contribution is -2.36. The van der Waals surface area contributed by atoms with Crippen LogP contribution in [0.5, 0.6) is 11.5 Å². The van der Waals surface area contributed by atoms with Crippen molar-refractivity contribution < 1.29 is 19.1 Å². The molecule has 0 radical (unpaired) electrons. The van der Waals surface area contributed by atoms with E-state index in [4.69, 9.17) is 32.7 Å². The molecule has 9 heteroatoms. The molecule has 0 spiro atoms. The molecule has 1 atom stereocenters. The van der Waals surface area contributed by atoms with Gasteiger partial charge in [-0.25, -0.2) is 0 Å². The summed E-state index contributed by atoms with van der Waals surface area (Å²) in [6.45, 7) is 0.554. The highest BCUT2D eigenvalue weighted by atomic mass is 35.5. The van der Waals surface area contributed by atoms with Gasteiger partial charge >= 0.3 is 0 Å². The molecule has 0 unspecified atom stereocenters. The number of carbonyl (C=O) groups is 2. The van der Waals surface area contributed by atoms with Crippen LogP contribution in [0.1, 0.15) is 12.0 Å². The van der Waals surface area contributed by atoms with Crippen LogP contribution in [0.2, 0.25) is 10.0 Å². The van der Waals surface area contributed by atoms with Crippen molar-refractivity contribution in [3.05, 3.63) is 82.3 Å². The number of nitrogens with zero attached hydrogens (tertiary/aromatic N) is 1. The van der Waals surface area contributed by atoms with E-state index in [2.05, 4.69) is 10.9 Å². The highest BCUT2D eigenvalue weighted by Gasteiger charge is 2.35. The molecule has 1 aliphatic heterocycles. The van der Waals surface area contributed by atoms with Crippen molar-refractivity contribution in [3.8, 4) is 11.5 Å². The molecule has 3 aromatic carbocycles. The quantitative estimate of drug-likeness (QED) is 0.422. The smallest absolute Gasteiger partial charge is 0.243 e. The lowest BCUT2D eigenvalue weighted by molar-refractivity contribution is -0.125. The van der Waals surface area contributed by atoms with Gasteiger partial charge in [0.25, 0.3) is 0 Å². The molecule has 1 fully saturated rings. The minimum absolute atomic E-state index is 0.0922. The molecule has 0 saturated carbocycles. The van der Waals surface area contributed by atoms with Crippen LogP contribution in [-0.4, -0.2) is 25.5 Å². The SMILES string of the molecule is COc1ccc(N2C[C@@H](C(=O)NNc3ccc(OCc4c(Cl)cccc4Cl)cc3)CC2=O)cc1. The molecule has 0 aliphatic carbocycles. The summed E-state index contributed by atoms with van der Waals surface area (Å²) in [7, 11) is 1.58. The van der Waals surface area contributed by atoms with Crippen molar-refractivity contribution in [1.29, 1.82) is 0 Å². The number of amides is 2. The molecule has 4 rings (SSSR count). The molecule has 1 aliphatic rings. The second-order valence-electron chi connectivity index (χ2n) is 7.73. The zero-order valence-corrected chi connectivity index (χ0v) is 19.9. The molecule has 1 heterocycles. The summed E-state index contributed by atoms with van der Waals surface area (Å²) in [5, 5.41) is 1.09. The first-order chi connectivity index (χ1) is 16.4. The van der Waals surface area contributed by atoms with E-state index >= 15 is 0 Å². The third-order valence-electron chi connectivity index (χ3n) is 5.51. The monoisotopic (exact) mass is 499 g/mol. The highest BCUT2D eigenvalue weighted by molar-refractivity contribution is 6.35. The summed E-state index contributed by atoms with van der Waals surface area (Å²) >= 11 is 12.3. The average molecular weight is 500 g/mol. The average Bonchev–Trinajstić information content (AvgIpc) is 3.24. The fourth-order valence-electron chi connectivity index (χ4n) is 3.59. The van der Waals surface area contributed by atoms with Gasteiger partial charge in [-0.1, -0.05) is 29.3 Å². The van der Waals surface area contributed by atoms with Crippen molar-refractivity contribution in [1.82, 2.24) is 5.43 Å². The Labute approximate surface area is 207 Å². The molecule has 0 aromatic heterocycles. The maximum atomic E-state index is 12.6. The summed E-state index contributed by atoms with van der Waals surface area (Å²) in [5.41, 5.74) is 7.69.